The lowest BCUT2D eigenvalue weighted by molar-refractivity contribution is -0.123. The van der Waals surface area contributed by atoms with Crippen LogP contribution in [-0.2, 0) is 4.79 Å². The second-order valence-electron chi connectivity index (χ2n) is 4.56. The van der Waals surface area contributed by atoms with Gasteiger partial charge in [-0.3, -0.25) is 10.1 Å². The van der Waals surface area contributed by atoms with Gasteiger partial charge < -0.3 is 10.8 Å². The van der Waals surface area contributed by atoms with Crippen molar-refractivity contribution in [2.45, 2.75) is 32.4 Å². The number of aromatic hydroxyl groups is 1. The summed E-state index contributed by atoms with van der Waals surface area (Å²) in [5, 5.41) is 12.6. The molecule has 0 aliphatic heterocycles. The van der Waals surface area contributed by atoms with Gasteiger partial charge in [-0.05, 0) is 26.8 Å². The highest BCUT2D eigenvalue weighted by atomic mass is 19.1. The van der Waals surface area contributed by atoms with Gasteiger partial charge in [0, 0.05) is 17.7 Å². The number of halogens is 1. The molecule has 1 aromatic carbocycles. The lowest BCUT2D eigenvalue weighted by Gasteiger charge is -2.27. The third kappa shape index (κ3) is 3.17. The van der Waals surface area contributed by atoms with Crippen molar-refractivity contribution >= 4 is 5.91 Å². The first-order chi connectivity index (χ1) is 7.74. The largest absolute Gasteiger partial charge is 0.508 e. The third-order valence-corrected chi connectivity index (χ3v) is 2.65. The Hall–Kier alpha value is -1.62. The van der Waals surface area contributed by atoms with Crippen molar-refractivity contribution < 1.29 is 14.3 Å². The number of phenolic OH excluding ortho intramolecular Hbond substituents is 1. The zero-order valence-electron chi connectivity index (χ0n) is 10.1. The summed E-state index contributed by atoms with van der Waals surface area (Å²) in [6.07, 6.45) is 0. The Bertz CT molecular complexity index is 433. The molecule has 0 spiro atoms. The molecule has 1 aromatic rings. The molecule has 0 saturated carbocycles. The van der Waals surface area contributed by atoms with E-state index >= 15 is 0 Å². The summed E-state index contributed by atoms with van der Waals surface area (Å²) in [5.41, 5.74) is 4.85. The zero-order chi connectivity index (χ0) is 13.2. The zero-order valence-corrected chi connectivity index (χ0v) is 10.1. The Morgan fingerprint density at radius 1 is 1.53 bits per heavy atom. The molecule has 0 bridgehead atoms. The van der Waals surface area contributed by atoms with Gasteiger partial charge in [-0.2, -0.15) is 0 Å². The lowest BCUT2D eigenvalue weighted by Crippen LogP contribution is -2.51. The van der Waals surface area contributed by atoms with E-state index in [1.165, 1.54) is 12.1 Å². The Morgan fingerprint density at radius 2 is 2.12 bits per heavy atom. The van der Waals surface area contributed by atoms with Crippen LogP contribution in [0.5, 0.6) is 5.75 Å². The van der Waals surface area contributed by atoms with Gasteiger partial charge in [-0.25, -0.2) is 4.39 Å². The molecular formula is C12H17FN2O2. The van der Waals surface area contributed by atoms with E-state index in [4.69, 9.17) is 5.73 Å². The Kier molecular flexibility index (Phi) is 3.72. The van der Waals surface area contributed by atoms with Gasteiger partial charge in [0.1, 0.15) is 11.6 Å². The number of hydrogen-bond acceptors (Lipinski definition) is 3. The predicted molar refractivity (Wildman–Crippen MR) is 62.9 cm³/mol. The molecule has 5 heteroatoms. The van der Waals surface area contributed by atoms with Crippen LogP contribution in [0.4, 0.5) is 4.39 Å². The van der Waals surface area contributed by atoms with Crippen LogP contribution in [0.1, 0.15) is 32.4 Å². The molecule has 94 valence electrons. The Morgan fingerprint density at radius 3 is 2.59 bits per heavy atom. The molecule has 0 heterocycles. The summed E-state index contributed by atoms with van der Waals surface area (Å²) in [4.78, 5) is 11.2. The van der Waals surface area contributed by atoms with Crippen molar-refractivity contribution in [1.29, 1.82) is 0 Å². The molecule has 1 atom stereocenters. The van der Waals surface area contributed by atoms with E-state index in [1.807, 2.05) is 0 Å². The monoisotopic (exact) mass is 240 g/mol. The molecule has 0 radical (unpaired) electrons. The highest BCUT2D eigenvalue weighted by Crippen LogP contribution is 2.26. The van der Waals surface area contributed by atoms with Gasteiger partial charge in [0.15, 0.2) is 0 Å². The van der Waals surface area contributed by atoms with E-state index in [9.17, 15) is 14.3 Å². The summed E-state index contributed by atoms with van der Waals surface area (Å²) in [7, 11) is 0. The first-order valence-electron chi connectivity index (χ1n) is 5.30. The molecular weight excluding hydrogens is 223 g/mol. The van der Waals surface area contributed by atoms with E-state index in [0.717, 1.165) is 6.07 Å². The van der Waals surface area contributed by atoms with Crippen LogP contribution in [-0.4, -0.2) is 16.6 Å². The number of nitrogens with one attached hydrogen (secondary N) is 1. The predicted octanol–water partition coefficient (Wildman–Crippen LogP) is 1.45. The quantitative estimate of drug-likeness (QED) is 0.745. The highest BCUT2D eigenvalue weighted by molar-refractivity contribution is 5.83. The molecule has 17 heavy (non-hydrogen) atoms. The number of amides is 1. The number of phenols is 1. The summed E-state index contributed by atoms with van der Waals surface area (Å²) >= 11 is 0. The van der Waals surface area contributed by atoms with Crippen molar-refractivity contribution in [3.63, 3.8) is 0 Å². The maximum Gasteiger partial charge on any atom is 0.237 e. The van der Waals surface area contributed by atoms with Gasteiger partial charge in [-0.1, -0.05) is 6.07 Å². The third-order valence-electron chi connectivity index (χ3n) is 2.65. The first-order valence-corrected chi connectivity index (χ1v) is 5.30. The van der Waals surface area contributed by atoms with Crippen LogP contribution < -0.4 is 11.1 Å². The summed E-state index contributed by atoms with van der Waals surface area (Å²) < 4.78 is 12.8. The molecule has 4 N–H and O–H groups in total. The van der Waals surface area contributed by atoms with Crippen LogP contribution in [0.3, 0.4) is 0 Å². The minimum Gasteiger partial charge on any atom is -0.508 e. The topological polar surface area (TPSA) is 75.3 Å². The number of rotatable bonds is 4. The van der Waals surface area contributed by atoms with Crippen molar-refractivity contribution in [3.05, 3.63) is 29.6 Å². The van der Waals surface area contributed by atoms with E-state index in [2.05, 4.69) is 5.32 Å². The van der Waals surface area contributed by atoms with Crippen LogP contribution in [0.15, 0.2) is 18.2 Å². The molecule has 0 aromatic heterocycles. The van der Waals surface area contributed by atoms with Crippen molar-refractivity contribution in [1.82, 2.24) is 5.32 Å². The van der Waals surface area contributed by atoms with E-state index in [1.54, 1.807) is 20.8 Å². The van der Waals surface area contributed by atoms with Crippen molar-refractivity contribution in [2.24, 2.45) is 5.73 Å². The molecule has 1 unspecified atom stereocenters. The molecule has 1 amide bonds. The fraction of sp³-hybridized carbons (Fsp3) is 0.417. The van der Waals surface area contributed by atoms with Crippen LogP contribution in [0.2, 0.25) is 0 Å². The Labute approximate surface area is 99.6 Å². The SMILES string of the molecule is CC(NC(C)(C)C(N)=O)c1ccc(F)cc1O. The molecule has 0 aliphatic rings. The smallest absolute Gasteiger partial charge is 0.237 e. The van der Waals surface area contributed by atoms with Gasteiger partial charge in [0.2, 0.25) is 5.91 Å². The van der Waals surface area contributed by atoms with Gasteiger partial charge in [0.05, 0.1) is 5.54 Å². The Balaban J connectivity index is 2.90. The second kappa shape index (κ2) is 4.71. The standard InChI is InChI=1S/C12H17FN2O2/c1-7(15-12(2,3)11(14)17)9-5-4-8(13)6-10(9)16/h4-7,15-16H,1-3H3,(H2,14,17). The number of carbonyl (C=O) groups excluding carboxylic acids is 1. The minimum atomic E-state index is -0.903. The molecule has 0 saturated heterocycles. The van der Waals surface area contributed by atoms with E-state index in [-0.39, 0.29) is 11.8 Å². The highest BCUT2D eigenvalue weighted by Gasteiger charge is 2.27. The van der Waals surface area contributed by atoms with Crippen molar-refractivity contribution in [2.75, 3.05) is 0 Å². The average Bonchev–Trinajstić information content (AvgIpc) is 2.15. The minimum absolute atomic E-state index is 0.148. The van der Waals surface area contributed by atoms with Crippen molar-refractivity contribution in [3.8, 4) is 5.75 Å². The van der Waals surface area contributed by atoms with Gasteiger partial charge in [-0.15, -0.1) is 0 Å². The summed E-state index contributed by atoms with van der Waals surface area (Å²) in [5.74, 6) is -1.15. The van der Waals surface area contributed by atoms with Crippen LogP contribution in [0, 0.1) is 5.82 Å². The van der Waals surface area contributed by atoms with E-state index < -0.39 is 17.3 Å². The molecule has 1 rings (SSSR count). The fourth-order valence-corrected chi connectivity index (χ4v) is 1.57. The van der Waals surface area contributed by atoms with Gasteiger partial charge in [0.25, 0.3) is 0 Å². The maximum atomic E-state index is 12.8. The van der Waals surface area contributed by atoms with Crippen LogP contribution >= 0.6 is 0 Å². The van der Waals surface area contributed by atoms with E-state index in [0.29, 0.717) is 5.56 Å². The normalized spacial score (nSPS) is 13.4. The number of carbonyl (C=O) groups is 1. The molecule has 0 aliphatic carbocycles. The van der Waals surface area contributed by atoms with Crippen LogP contribution in [0.25, 0.3) is 0 Å². The number of benzene rings is 1. The first kappa shape index (κ1) is 13.4. The second-order valence-corrected chi connectivity index (χ2v) is 4.56. The number of primary amides is 1. The maximum absolute atomic E-state index is 12.8. The number of nitrogens with two attached hydrogens (primary N) is 1. The van der Waals surface area contributed by atoms with Gasteiger partial charge >= 0.3 is 0 Å². The number of hydrogen-bond donors (Lipinski definition) is 3. The molecule has 4 nitrogen and oxygen atoms in total. The lowest BCUT2D eigenvalue weighted by atomic mass is 10.00. The summed E-state index contributed by atoms with van der Waals surface area (Å²) in [6.45, 7) is 5.05. The average molecular weight is 240 g/mol. The summed E-state index contributed by atoms with van der Waals surface area (Å²) in [6, 6.07) is 3.44. The molecule has 0 fully saturated rings. The fourth-order valence-electron chi connectivity index (χ4n) is 1.57.